The molecule has 0 aliphatic rings. The van der Waals surface area contributed by atoms with Crippen molar-refractivity contribution in [1.29, 1.82) is 0 Å². The summed E-state index contributed by atoms with van der Waals surface area (Å²) in [5.74, 6) is 0.670. The molecule has 3 N–H and O–H groups in total. The van der Waals surface area contributed by atoms with Crippen LogP contribution in [0.25, 0.3) is 0 Å². The van der Waals surface area contributed by atoms with Crippen LogP contribution in [0.2, 0.25) is 5.02 Å². The number of halogens is 1. The van der Waals surface area contributed by atoms with Crippen LogP contribution in [0.3, 0.4) is 0 Å². The monoisotopic (exact) mass is 271 g/mol. The number of ether oxygens (including phenoxy) is 1. The maximum Gasteiger partial charge on any atom is 0.137 e. The van der Waals surface area contributed by atoms with E-state index < -0.39 is 6.10 Å². The Morgan fingerprint density at radius 3 is 2.67 bits per heavy atom. The molecule has 0 saturated heterocycles. The third-order valence-corrected chi connectivity index (χ3v) is 3.36. The fourth-order valence-corrected chi connectivity index (χ4v) is 2.20. The molecule has 0 bridgehead atoms. The van der Waals surface area contributed by atoms with Crippen molar-refractivity contribution in [3.63, 3.8) is 0 Å². The lowest BCUT2D eigenvalue weighted by molar-refractivity contribution is 0.131. The molecule has 0 radical (unpaired) electrons. The van der Waals surface area contributed by atoms with Crippen molar-refractivity contribution in [2.24, 2.45) is 5.73 Å². The predicted molar refractivity (Wildman–Crippen MR) is 75.2 cm³/mol. The molecule has 0 saturated carbocycles. The van der Waals surface area contributed by atoms with E-state index in [0.717, 1.165) is 24.8 Å². The van der Waals surface area contributed by atoms with Crippen molar-refractivity contribution in [1.82, 2.24) is 0 Å². The molecule has 3 nitrogen and oxygen atoms in total. The zero-order chi connectivity index (χ0) is 13.5. The molecule has 2 atom stereocenters. The van der Waals surface area contributed by atoms with Crippen LogP contribution >= 0.6 is 11.6 Å². The zero-order valence-electron chi connectivity index (χ0n) is 11.0. The van der Waals surface area contributed by atoms with Crippen LogP contribution in [0.5, 0.6) is 5.75 Å². The lowest BCUT2D eigenvalue weighted by Gasteiger charge is -2.18. The Hall–Kier alpha value is -0.770. The Morgan fingerprint density at radius 1 is 1.39 bits per heavy atom. The number of rotatable bonds is 7. The second-order valence-electron chi connectivity index (χ2n) is 4.53. The molecule has 0 aliphatic heterocycles. The van der Waals surface area contributed by atoms with Gasteiger partial charge in [-0.25, -0.2) is 0 Å². The normalized spacial score (nSPS) is 14.3. The molecule has 0 spiro atoms. The largest absolute Gasteiger partial charge is 0.495 e. The van der Waals surface area contributed by atoms with Crippen LogP contribution in [0, 0.1) is 0 Å². The molecule has 0 aromatic heterocycles. The van der Waals surface area contributed by atoms with Gasteiger partial charge in [0.25, 0.3) is 0 Å². The van der Waals surface area contributed by atoms with Gasteiger partial charge < -0.3 is 15.6 Å². The van der Waals surface area contributed by atoms with E-state index in [9.17, 15) is 5.11 Å². The molecule has 1 rings (SSSR count). The van der Waals surface area contributed by atoms with Gasteiger partial charge in [-0.3, -0.25) is 0 Å². The molecule has 18 heavy (non-hydrogen) atoms. The highest BCUT2D eigenvalue weighted by Gasteiger charge is 2.13. The highest BCUT2D eigenvalue weighted by Crippen LogP contribution is 2.25. The number of nitrogens with two attached hydrogens (primary N) is 1. The lowest BCUT2D eigenvalue weighted by atomic mass is 9.99. The zero-order valence-corrected chi connectivity index (χ0v) is 11.8. The summed E-state index contributed by atoms with van der Waals surface area (Å²) in [6.07, 6.45) is 2.81. The summed E-state index contributed by atoms with van der Waals surface area (Å²) in [4.78, 5) is 0. The second-order valence-corrected chi connectivity index (χ2v) is 4.93. The third-order valence-electron chi connectivity index (χ3n) is 3.06. The third kappa shape index (κ3) is 4.48. The van der Waals surface area contributed by atoms with Gasteiger partial charge in [0.1, 0.15) is 5.75 Å². The van der Waals surface area contributed by atoms with Crippen molar-refractivity contribution >= 4 is 11.6 Å². The number of hydrogen-bond acceptors (Lipinski definition) is 3. The van der Waals surface area contributed by atoms with Crippen LogP contribution in [0.4, 0.5) is 0 Å². The van der Waals surface area contributed by atoms with Crippen LogP contribution in [-0.2, 0) is 6.42 Å². The van der Waals surface area contributed by atoms with Gasteiger partial charge in [0.2, 0.25) is 0 Å². The molecule has 4 heteroatoms. The molecule has 1 aromatic carbocycles. The minimum absolute atomic E-state index is 0.135. The number of benzene rings is 1. The summed E-state index contributed by atoms with van der Waals surface area (Å²) < 4.78 is 5.09. The maximum absolute atomic E-state index is 9.90. The van der Waals surface area contributed by atoms with Gasteiger partial charge in [-0.1, -0.05) is 31.0 Å². The molecule has 0 amide bonds. The van der Waals surface area contributed by atoms with Gasteiger partial charge in [0.05, 0.1) is 18.2 Å². The molecular formula is C14H22ClNO2. The predicted octanol–water partition coefficient (Wildman–Crippen LogP) is 2.77. The van der Waals surface area contributed by atoms with Crippen molar-refractivity contribution in [2.75, 3.05) is 7.11 Å². The fourth-order valence-electron chi connectivity index (χ4n) is 1.92. The summed E-state index contributed by atoms with van der Waals surface area (Å²) >= 11 is 6.04. The molecule has 2 unspecified atom stereocenters. The van der Waals surface area contributed by atoms with Crippen LogP contribution in [0.1, 0.15) is 31.7 Å². The highest BCUT2D eigenvalue weighted by atomic mass is 35.5. The first-order valence-electron chi connectivity index (χ1n) is 6.34. The smallest absolute Gasteiger partial charge is 0.137 e. The number of methoxy groups -OCH3 is 1. The SMILES string of the molecule is CCCC(N)C(O)CCc1ccc(OC)c(Cl)c1. The Bertz CT molecular complexity index is 371. The average molecular weight is 272 g/mol. The van der Waals surface area contributed by atoms with Gasteiger partial charge in [0, 0.05) is 6.04 Å². The first kappa shape index (κ1) is 15.3. The summed E-state index contributed by atoms with van der Waals surface area (Å²) in [6, 6.07) is 5.54. The van der Waals surface area contributed by atoms with Gasteiger partial charge in [-0.05, 0) is 37.0 Å². The van der Waals surface area contributed by atoms with E-state index in [4.69, 9.17) is 22.1 Å². The summed E-state index contributed by atoms with van der Waals surface area (Å²) in [7, 11) is 1.59. The molecule has 0 fully saturated rings. The first-order valence-corrected chi connectivity index (χ1v) is 6.72. The molecular weight excluding hydrogens is 250 g/mol. The quantitative estimate of drug-likeness (QED) is 0.802. The van der Waals surface area contributed by atoms with E-state index in [1.807, 2.05) is 18.2 Å². The number of hydrogen-bond donors (Lipinski definition) is 2. The van der Waals surface area contributed by atoms with Gasteiger partial charge in [-0.2, -0.15) is 0 Å². The summed E-state index contributed by atoms with van der Waals surface area (Å²) in [5.41, 5.74) is 6.96. The highest BCUT2D eigenvalue weighted by molar-refractivity contribution is 6.32. The molecule has 0 aliphatic carbocycles. The molecule has 0 heterocycles. The van der Waals surface area contributed by atoms with Crippen LogP contribution in [-0.4, -0.2) is 24.4 Å². The second kappa shape index (κ2) is 7.62. The number of aryl methyl sites for hydroxylation is 1. The van der Waals surface area contributed by atoms with Crippen LogP contribution in [0.15, 0.2) is 18.2 Å². The number of aliphatic hydroxyl groups is 1. The van der Waals surface area contributed by atoms with E-state index in [-0.39, 0.29) is 6.04 Å². The van der Waals surface area contributed by atoms with Crippen molar-refractivity contribution in [3.8, 4) is 5.75 Å². The van der Waals surface area contributed by atoms with E-state index in [0.29, 0.717) is 17.2 Å². The van der Waals surface area contributed by atoms with E-state index >= 15 is 0 Å². The minimum Gasteiger partial charge on any atom is -0.495 e. The maximum atomic E-state index is 9.90. The Kier molecular flexibility index (Phi) is 6.47. The Labute approximate surface area is 114 Å². The lowest BCUT2D eigenvalue weighted by Crippen LogP contribution is -2.34. The summed E-state index contributed by atoms with van der Waals surface area (Å²) in [5, 5.41) is 10.5. The van der Waals surface area contributed by atoms with Crippen molar-refractivity contribution < 1.29 is 9.84 Å². The molecule has 1 aromatic rings. The van der Waals surface area contributed by atoms with Crippen molar-refractivity contribution in [3.05, 3.63) is 28.8 Å². The first-order chi connectivity index (χ1) is 8.58. The Morgan fingerprint density at radius 2 is 2.11 bits per heavy atom. The topological polar surface area (TPSA) is 55.5 Å². The Balaban J connectivity index is 2.50. The minimum atomic E-state index is -0.453. The average Bonchev–Trinajstić information content (AvgIpc) is 2.36. The molecule has 102 valence electrons. The summed E-state index contributed by atoms with van der Waals surface area (Å²) in [6.45, 7) is 2.07. The number of aliphatic hydroxyl groups excluding tert-OH is 1. The van der Waals surface area contributed by atoms with Gasteiger partial charge >= 0.3 is 0 Å². The fraction of sp³-hybridized carbons (Fsp3) is 0.571. The van der Waals surface area contributed by atoms with Gasteiger partial charge in [-0.15, -0.1) is 0 Å². The van der Waals surface area contributed by atoms with Crippen molar-refractivity contribution in [2.45, 2.75) is 44.8 Å². The van der Waals surface area contributed by atoms with E-state index in [1.165, 1.54) is 0 Å². The standard InChI is InChI=1S/C14H22ClNO2/c1-3-4-12(16)13(17)7-5-10-6-8-14(18-2)11(15)9-10/h6,8-9,12-13,17H,3-5,7,16H2,1-2H3. The van der Waals surface area contributed by atoms with Crippen LogP contribution < -0.4 is 10.5 Å². The van der Waals surface area contributed by atoms with E-state index in [1.54, 1.807) is 7.11 Å². The van der Waals surface area contributed by atoms with E-state index in [2.05, 4.69) is 6.92 Å². The van der Waals surface area contributed by atoms with Gasteiger partial charge in [0.15, 0.2) is 0 Å².